The molecule has 0 aliphatic rings. The van der Waals surface area contributed by atoms with Gasteiger partial charge in [0.15, 0.2) is 0 Å². The number of hydrogen-bond acceptors (Lipinski definition) is 3. The van der Waals surface area contributed by atoms with Crippen LogP contribution in [-0.2, 0) is 4.79 Å². The van der Waals surface area contributed by atoms with Crippen molar-refractivity contribution in [2.75, 3.05) is 6.61 Å². The van der Waals surface area contributed by atoms with Gasteiger partial charge in [0.1, 0.15) is 0 Å². The summed E-state index contributed by atoms with van der Waals surface area (Å²) in [6.45, 7) is 4.22. The van der Waals surface area contributed by atoms with Crippen LogP contribution in [0.4, 0.5) is 0 Å². The van der Waals surface area contributed by atoms with Gasteiger partial charge < -0.3 is 15.5 Å². The van der Waals surface area contributed by atoms with Crippen molar-refractivity contribution in [1.29, 1.82) is 0 Å². The van der Waals surface area contributed by atoms with Crippen LogP contribution in [0.25, 0.3) is 0 Å². The van der Waals surface area contributed by atoms with E-state index in [-0.39, 0.29) is 12.5 Å². The third kappa shape index (κ3) is 62.2. The van der Waals surface area contributed by atoms with Gasteiger partial charge in [0.05, 0.1) is 18.8 Å². The Morgan fingerprint density at radius 2 is 0.579 bits per heavy atom. The maximum Gasteiger partial charge on any atom is 0.220 e. The van der Waals surface area contributed by atoms with Gasteiger partial charge in [-0.1, -0.05) is 349 Å². The fraction of sp³-hybridized carbons (Fsp3) is 0.764. The second-order valence-electron chi connectivity index (χ2n) is 22.5. The zero-order valence-electron chi connectivity index (χ0n) is 50.8. The zero-order valence-corrected chi connectivity index (χ0v) is 50.8. The van der Waals surface area contributed by atoms with Crippen LogP contribution in [0.3, 0.4) is 0 Å². The molecule has 3 N–H and O–H groups in total. The lowest BCUT2D eigenvalue weighted by molar-refractivity contribution is -0.123. The van der Waals surface area contributed by atoms with E-state index in [9.17, 15) is 15.0 Å². The first-order valence-corrected chi connectivity index (χ1v) is 33.5. The van der Waals surface area contributed by atoms with E-state index in [1.165, 1.54) is 244 Å². The molecule has 0 radical (unpaired) electrons. The average molecular weight is 1060 g/mol. The highest BCUT2D eigenvalue weighted by molar-refractivity contribution is 5.76. The van der Waals surface area contributed by atoms with E-state index in [4.69, 9.17) is 0 Å². The second kappa shape index (κ2) is 66.6. The lowest BCUT2D eigenvalue weighted by Crippen LogP contribution is -2.45. The summed E-state index contributed by atoms with van der Waals surface area (Å²) in [6.07, 6.45) is 99.0. The molecule has 0 saturated heterocycles. The number of aliphatic hydroxyl groups excluding tert-OH is 2. The average Bonchev–Trinajstić information content (AvgIpc) is 3.42. The van der Waals surface area contributed by atoms with E-state index in [0.717, 1.165) is 70.6 Å². The summed E-state index contributed by atoms with van der Waals surface area (Å²) < 4.78 is 0. The van der Waals surface area contributed by atoms with Crippen molar-refractivity contribution in [3.63, 3.8) is 0 Å². The van der Waals surface area contributed by atoms with Gasteiger partial charge >= 0.3 is 0 Å². The van der Waals surface area contributed by atoms with Crippen molar-refractivity contribution in [3.8, 4) is 0 Å². The number of carbonyl (C=O) groups excluding carboxylic acids is 1. The summed E-state index contributed by atoms with van der Waals surface area (Å²) in [6, 6.07) is -0.626. The van der Waals surface area contributed by atoms with Crippen molar-refractivity contribution >= 4 is 5.91 Å². The molecule has 440 valence electrons. The maximum absolute atomic E-state index is 12.5. The maximum atomic E-state index is 12.5. The van der Waals surface area contributed by atoms with E-state index in [2.05, 4.69) is 104 Å². The standard InChI is InChI=1S/C72H129NO3/c1-3-5-7-9-11-13-15-17-19-21-23-25-27-28-29-30-31-32-33-34-35-36-37-38-39-40-41-42-43-44-46-48-50-52-54-56-58-60-62-64-66-68-72(76)73-70(69-74)71(75)67-65-63-61-59-57-55-53-51-49-47-45-26-24-22-20-18-16-14-12-10-8-6-4-2/h5,7,11,13,17,19,23,25,28-29,31-32,34-35,65,67,70-71,74-75H,3-4,6,8-10,12,14-16,18,20-22,24,26-27,30,33,36-64,66,68-69H2,1-2H3,(H,73,76)/b7-5-,13-11-,19-17-,25-23-,29-28-,32-31-,35-34-,67-65+. The number of carbonyl (C=O) groups is 1. The van der Waals surface area contributed by atoms with Crippen molar-refractivity contribution in [3.05, 3.63) is 97.2 Å². The number of aliphatic hydroxyl groups is 2. The summed E-state index contributed by atoms with van der Waals surface area (Å²) in [5.41, 5.74) is 0. The molecule has 0 aliphatic heterocycles. The Balaban J connectivity index is 3.47. The highest BCUT2D eigenvalue weighted by Gasteiger charge is 2.18. The molecule has 0 aromatic rings. The highest BCUT2D eigenvalue weighted by atomic mass is 16.3. The molecule has 4 heteroatoms. The van der Waals surface area contributed by atoms with E-state index in [1.54, 1.807) is 6.08 Å². The summed E-state index contributed by atoms with van der Waals surface area (Å²) in [4.78, 5) is 12.5. The van der Waals surface area contributed by atoms with Gasteiger partial charge in [-0.15, -0.1) is 0 Å². The smallest absolute Gasteiger partial charge is 0.220 e. The molecule has 0 saturated carbocycles. The van der Waals surface area contributed by atoms with Gasteiger partial charge in [0.25, 0.3) is 0 Å². The van der Waals surface area contributed by atoms with Crippen LogP contribution in [-0.4, -0.2) is 34.9 Å². The minimum atomic E-state index is -0.843. The van der Waals surface area contributed by atoms with Crippen LogP contribution < -0.4 is 5.32 Å². The van der Waals surface area contributed by atoms with Gasteiger partial charge in [0, 0.05) is 6.42 Å². The van der Waals surface area contributed by atoms with Crippen LogP contribution in [0.2, 0.25) is 0 Å². The monoisotopic (exact) mass is 1060 g/mol. The van der Waals surface area contributed by atoms with Crippen LogP contribution in [0, 0.1) is 0 Å². The minimum Gasteiger partial charge on any atom is -0.394 e. The number of hydrogen-bond donors (Lipinski definition) is 3. The molecule has 2 atom stereocenters. The Morgan fingerprint density at radius 3 is 0.868 bits per heavy atom. The number of unbranched alkanes of at least 4 members (excludes halogenated alkanes) is 40. The molecular formula is C72H129NO3. The summed E-state index contributed by atoms with van der Waals surface area (Å²) >= 11 is 0. The third-order valence-corrected chi connectivity index (χ3v) is 15.1. The molecule has 0 aliphatic carbocycles. The molecule has 0 heterocycles. The first kappa shape index (κ1) is 73.3. The molecule has 0 aromatic heterocycles. The zero-order chi connectivity index (χ0) is 54.8. The quantitative estimate of drug-likeness (QED) is 0.0420. The van der Waals surface area contributed by atoms with Crippen LogP contribution in [0.15, 0.2) is 97.2 Å². The van der Waals surface area contributed by atoms with Crippen molar-refractivity contribution in [2.45, 2.75) is 347 Å². The molecule has 0 bridgehead atoms. The van der Waals surface area contributed by atoms with Crippen molar-refractivity contribution in [2.24, 2.45) is 0 Å². The summed E-state index contributed by atoms with van der Waals surface area (Å²) in [5.74, 6) is -0.0605. The number of amides is 1. The third-order valence-electron chi connectivity index (χ3n) is 15.1. The predicted molar refractivity (Wildman–Crippen MR) is 340 cm³/mol. The van der Waals surface area contributed by atoms with Crippen LogP contribution in [0.1, 0.15) is 335 Å². The van der Waals surface area contributed by atoms with Gasteiger partial charge in [-0.3, -0.25) is 4.79 Å². The number of nitrogens with one attached hydrogen (secondary N) is 1. The van der Waals surface area contributed by atoms with Crippen molar-refractivity contribution in [1.82, 2.24) is 5.32 Å². The Kier molecular flexibility index (Phi) is 64.2. The summed E-state index contributed by atoms with van der Waals surface area (Å²) in [5, 5.41) is 23.3. The lowest BCUT2D eigenvalue weighted by atomic mass is 10.0. The number of allylic oxidation sites excluding steroid dienone is 15. The fourth-order valence-corrected chi connectivity index (χ4v) is 10.0. The molecule has 0 rings (SSSR count). The molecule has 2 unspecified atom stereocenters. The molecular weight excluding hydrogens is 927 g/mol. The largest absolute Gasteiger partial charge is 0.394 e. The number of rotatable bonds is 61. The van der Waals surface area contributed by atoms with E-state index in [1.807, 2.05) is 6.08 Å². The van der Waals surface area contributed by atoms with Crippen LogP contribution >= 0.6 is 0 Å². The Hall–Kier alpha value is -2.69. The normalized spacial score (nSPS) is 13.4. The first-order valence-electron chi connectivity index (χ1n) is 33.5. The van der Waals surface area contributed by atoms with E-state index >= 15 is 0 Å². The molecule has 0 spiro atoms. The Morgan fingerprint density at radius 1 is 0.329 bits per heavy atom. The molecule has 4 nitrogen and oxygen atoms in total. The van der Waals surface area contributed by atoms with Gasteiger partial charge in [-0.25, -0.2) is 0 Å². The molecule has 76 heavy (non-hydrogen) atoms. The summed E-state index contributed by atoms with van der Waals surface area (Å²) in [7, 11) is 0. The molecule has 0 aromatic carbocycles. The fourth-order valence-electron chi connectivity index (χ4n) is 10.0. The van der Waals surface area contributed by atoms with Crippen LogP contribution in [0.5, 0.6) is 0 Å². The minimum absolute atomic E-state index is 0.0605. The van der Waals surface area contributed by atoms with Gasteiger partial charge in [-0.2, -0.15) is 0 Å². The van der Waals surface area contributed by atoms with E-state index in [0.29, 0.717) is 6.42 Å². The van der Waals surface area contributed by atoms with E-state index < -0.39 is 12.1 Å². The van der Waals surface area contributed by atoms with Gasteiger partial charge in [0.2, 0.25) is 5.91 Å². The molecule has 1 amide bonds. The topological polar surface area (TPSA) is 69.6 Å². The van der Waals surface area contributed by atoms with Crippen molar-refractivity contribution < 1.29 is 15.0 Å². The Bertz CT molecular complexity index is 1380. The van der Waals surface area contributed by atoms with Gasteiger partial charge in [-0.05, 0) is 77.0 Å². The first-order chi connectivity index (χ1) is 37.7. The highest BCUT2D eigenvalue weighted by Crippen LogP contribution is 2.18. The predicted octanol–water partition coefficient (Wildman–Crippen LogP) is 22.8. The molecule has 0 fully saturated rings. The second-order valence-corrected chi connectivity index (χ2v) is 22.5. The Labute approximate surface area is 474 Å². The SMILES string of the molecule is CC/C=C\C/C=C\C/C=C\C/C=C\C/C=C\C/C=C\C/C=C\CCCCCCCCCCCCCCCCCCCCCC(=O)NC(CO)C(O)/C=C/CCCCCCCCCCCCCCCCCCCCCCC. The lowest BCUT2D eigenvalue weighted by Gasteiger charge is -2.20.